The van der Waals surface area contributed by atoms with Crippen molar-refractivity contribution in [3.05, 3.63) is 134 Å². The van der Waals surface area contributed by atoms with E-state index in [0.29, 0.717) is 19.3 Å². The van der Waals surface area contributed by atoms with Gasteiger partial charge < -0.3 is 14.2 Å². The van der Waals surface area contributed by atoms with Gasteiger partial charge in [-0.15, -0.1) is 0 Å². The monoisotopic (exact) mass is 1080 g/mol. The number of unbranched alkanes of at least 4 members (excludes halogenated alkanes) is 24. The van der Waals surface area contributed by atoms with Crippen LogP contribution in [-0.4, -0.2) is 37.2 Å². The lowest BCUT2D eigenvalue weighted by molar-refractivity contribution is -0.167. The summed E-state index contributed by atoms with van der Waals surface area (Å²) < 4.78 is 16.9. The van der Waals surface area contributed by atoms with Gasteiger partial charge in [-0.2, -0.15) is 0 Å². The van der Waals surface area contributed by atoms with Gasteiger partial charge in [0, 0.05) is 19.3 Å². The van der Waals surface area contributed by atoms with Crippen LogP contribution in [0.1, 0.15) is 284 Å². The van der Waals surface area contributed by atoms with Crippen LogP contribution >= 0.6 is 0 Å². The van der Waals surface area contributed by atoms with Gasteiger partial charge in [-0.3, -0.25) is 14.4 Å². The predicted molar refractivity (Wildman–Crippen MR) is 339 cm³/mol. The van der Waals surface area contributed by atoms with Gasteiger partial charge >= 0.3 is 17.9 Å². The Morgan fingerprint density at radius 1 is 0.269 bits per heavy atom. The van der Waals surface area contributed by atoms with Crippen LogP contribution in [0.4, 0.5) is 0 Å². The van der Waals surface area contributed by atoms with Crippen molar-refractivity contribution in [2.24, 2.45) is 0 Å². The van der Waals surface area contributed by atoms with Crippen molar-refractivity contribution in [1.82, 2.24) is 0 Å². The predicted octanol–water partition coefficient (Wildman–Crippen LogP) is 22.2. The molecule has 0 heterocycles. The molecule has 0 spiro atoms. The van der Waals surface area contributed by atoms with E-state index < -0.39 is 6.10 Å². The molecule has 6 nitrogen and oxygen atoms in total. The van der Waals surface area contributed by atoms with Crippen molar-refractivity contribution in [1.29, 1.82) is 0 Å². The van der Waals surface area contributed by atoms with Crippen molar-refractivity contribution in [3.8, 4) is 0 Å². The number of ether oxygens (including phenoxy) is 3. The fourth-order valence-electron chi connectivity index (χ4n) is 8.54. The molecule has 0 N–H and O–H groups in total. The van der Waals surface area contributed by atoms with Gasteiger partial charge in [0.05, 0.1) is 0 Å². The Labute approximate surface area is 481 Å². The largest absolute Gasteiger partial charge is 0.462 e. The maximum Gasteiger partial charge on any atom is 0.306 e. The molecule has 0 aliphatic heterocycles. The molecule has 0 amide bonds. The summed E-state index contributed by atoms with van der Waals surface area (Å²) in [6.45, 7) is 6.47. The highest BCUT2D eigenvalue weighted by Crippen LogP contribution is 2.14. The van der Waals surface area contributed by atoms with Crippen molar-refractivity contribution < 1.29 is 28.6 Å². The Balaban J connectivity index is 4.41. The summed E-state index contributed by atoms with van der Waals surface area (Å²) in [7, 11) is 0. The van der Waals surface area contributed by atoms with Gasteiger partial charge in [-0.1, -0.05) is 257 Å². The Hall–Kier alpha value is -4.45. The number of allylic oxidation sites excluding steroid dienone is 22. The lowest BCUT2D eigenvalue weighted by Crippen LogP contribution is -2.30. The maximum absolute atomic E-state index is 12.9. The molecule has 0 saturated carbocycles. The molecule has 0 aromatic rings. The van der Waals surface area contributed by atoms with E-state index in [1.165, 1.54) is 96.3 Å². The minimum absolute atomic E-state index is 0.0968. The van der Waals surface area contributed by atoms with Crippen LogP contribution in [0, 0.1) is 0 Å². The Bertz CT molecular complexity index is 1670. The molecule has 0 aliphatic rings. The summed E-state index contributed by atoms with van der Waals surface area (Å²) in [6, 6.07) is 0. The smallest absolute Gasteiger partial charge is 0.306 e. The van der Waals surface area contributed by atoms with Crippen molar-refractivity contribution >= 4 is 17.9 Å². The van der Waals surface area contributed by atoms with E-state index in [0.717, 1.165) is 148 Å². The summed E-state index contributed by atoms with van der Waals surface area (Å²) in [6.07, 6.45) is 91.6. The van der Waals surface area contributed by atoms with E-state index in [-0.39, 0.29) is 31.1 Å². The molecule has 1 atom stereocenters. The van der Waals surface area contributed by atoms with E-state index in [2.05, 4.69) is 154 Å². The second kappa shape index (κ2) is 65.1. The summed E-state index contributed by atoms with van der Waals surface area (Å²) >= 11 is 0. The number of esters is 3. The number of hydrogen-bond donors (Lipinski definition) is 0. The number of carbonyl (C=O) groups excluding carboxylic acids is 3. The van der Waals surface area contributed by atoms with Crippen LogP contribution in [0.25, 0.3) is 0 Å². The number of hydrogen-bond acceptors (Lipinski definition) is 6. The molecule has 6 heteroatoms. The van der Waals surface area contributed by atoms with Crippen molar-refractivity contribution in [3.63, 3.8) is 0 Å². The average molecular weight is 1080 g/mol. The van der Waals surface area contributed by atoms with Crippen LogP contribution in [0.15, 0.2) is 134 Å². The Kier molecular flexibility index (Phi) is 61.4. The molecular formula is C72H118O6. The van der Waals surface area contributed by atoms with E-state index in [1.807, 2.05) is 0 Å². The standard InChI is InChI=1S/C72H118O6/c1-4-7-10-13-16-19-22-25-27-29-31-32-33-34-35-36-37-38-39-40-41-43-44-47-50-53-56-59-62-65-71(74)77-68-69(67-76-70(73)64-61-58-55-52-49-46-24-21-18-15-12-9-6-3)78-72(75)66-63-60-57-54-51-48-45-42-30-28-26-23-20-17-14-11-8-5-2/h7,10,16,19-21,23-25,27-28,30-32,34-35,37-38,40-41,44,47,69H,4-6,8-9,11-15,17-18,22,26,29,33,36,39,42-43,45-46,48-68H2,1-3H3/b10-7-,19-16-,23-20-,24-21-,27-25-,30-28-,32-31-,35-34-,38-37-,41-40-,47-44-. The first-order valence-electron chi connectivity index (χ1n) is 32.2. The normalized spacial score (nSPS) is 13.0. The maximum atomic E-state index is 12.9. The molecule has 0 radical (unpaired) electrons. The Morgan fingerprint density at radius 3 is 0.795 bits per heavy atom. The zero-order valence-electron chi connectivity index (χ0n) is 50.6. The molecule has 0 aromatic carbocycles. The SMILES string of the molecule is CC/C=C\C/C=C\C/C=C\C/C=C\C/C=C\C/C=C\C/C=C\C/C=C\CCCCCCC(=O)OCC(COC(=O)CCCCCCC/C=C\CCCCCC)OC(=O)CCCCCCCCC/C=C\C/C=C\CCCCCC. The molecule has 0 fully saturated rings. The molecule has 1 unspecified atom stereocenters. The third-order valence-electron chi connectivity index (χ3n) is 13.4. The highest BCUT2D eigenvalue weighted by atomic mass is 16.6. The fourth-order valence-corrected chi connectivity index (χ4v) is 8.54. The molecular weight excluding hydrogens is 961 g/mol. The minimum Gasteiger partial charge on any atom is -0.462 e. The molecule has 0 aromatic heterocycles. The molecule has 78 heavy (non-hydrogen) atoms. The highest BCUT2D eigenvalue weighted by Gasteiger charge is 2.19. The van der Waals surface area contributed by atoms with E-state index in [9.17, 15) is 14.4 Å². The fraction of sp³-hybridized carbons (Fsp3) is 0.653. The van der Waals surface area contributed by atoms with Gasteiger partial charge in [-0.05, 0) is 141 Å². The molecule has 0 aliphatic carbocycles. The zero-order chi connectivity index (χ0) is 56.4. The summed E-state index contributed by atoms with van der Waals surface area (Å²) in [5.41, 5.74) is 0. The second-order valence-electron chi connectivity index (χ2n) is 20.9. The summed E-state index contributed by atoms with van der Waals surface area (Å²) in [5, 5.41) is 0. The minimum atomic E-state index is -0.802. The van der Waals surface area contributed by atoms with Crippen LogP contribution in [0.2, 0.25) is 0 Å². The Morgan fingerprint density at radius 2 is 0.500 bits per heavy atom. The van der Waals surface area contributed by atoms with Gasteiger partial charge in [0.1, 0.15) is 13.2 Å². The van der Waals surface area contributed by atoms with Crippen LogP contribution in [-0.2, 0) is 28.6 Å². The number of carbonyl (C=O) groups is 3. The van der Waals surface area contributed by atoms with E-state index >= 15 is 0 Å². The van der Waals surface area contributed by atoms with Crippen molar-refractivity contribution in [2.45, 2.75) is 290 Å². The van der Waals surface area contributed by atoms with Gasteiger partial charge in [0.2, 0.25) is 0 Å². The number of rotatable bonds is 57. The van der Waals surface area contributed by atoms with Gasteiger partial charge in [0.15, 0.2) is 6.10 Å². The molecule has 0 saturated heterocycles. The second-order valence-corrected chi connectivity index (χ2v) is 20.9. The zero-order valence-corrected chi connectivity index (χ0v) is 50.6. The third kappa shape index (κ3) is 62.4. The van der Waals surface area contributed by atoms with Gasteiger partial charge in [-0.25, -0.2) is 0 Å². The first-order valence-corrected chi connectivity index (χ1v) is 32.2. The lowest BCUT2D eigenvalue weighted by atomic mass is 10.1. The average Bonchev–Trinajstić information content (AvgIpc) is 3.44. The summed E-state index contributed by atoms with van der Waals surface area (Å²) in [4.78, 5) is 38.3. The third-order valence-corrected chi connectivity index (χ3v) is 13.4. The first-order chi connectivity index (χ1) is 38.5. The molecule has 0 bridgehead atoms. The van der Waals surface area contributed by atoms with Crippen molar-refractivity contribution in [2.75, 3.05) is 13.2 Å². The molecule has 0 rings (SSSR count). The van der Waals surface area contributed by atoms with Crippen LogP contribution in [0.5, 0.6) is 0 Å². The first kappa shape index (κ1) is 73.5. The molecule has 442 valence electrons. The topological polar surface area (TPSA) is 78.9 Å². The van der Waals surface area contributed by atoms with E-state index in [4.69, 9.17) is 14.2 Å². The quantitative estimate of drug-likeness (QED) is 0.0261. The highest BCUT2D eigenvalue weighted by molar-refractivity contribution is 5.71. The summed E-state index contributed by atoms with van der Waals surface area (Å²) in [5.74, 6) is -0.937. The van der Waals surface area contributed by atoms with Crippen LogP contribution in [0.3, 0.4) is 0 Å². The lowest BCUT2D eigenvalue weighted by Gasteiger charge is -2.18. The van der Waals surface area contributed by atoms with E-state index in [1.54, 1.807) is 0 Å². The van der Waals surface area contributed by atoms with Gasteiger partial charge in [0.25, 0.3) is 0 Å². The van der Waals surface area contributed by atoms with Crippen LogP contribution < -0.4 is 0 Å².